The summed E-state index contributed by atoms with van der Waals surface area (Å²) < 4.78 is 0. The van der Waals surface area contributed by atoms with Gasteiger partial charge in [-0.25, -0.2) is 4.98 Å². The molecule has 7 nitrogen and oxygen atoms in total. The normalized spacial score (nSPS) is 17.8. The van der Waals surface area contributed by atoms with Crippen molar-refractivity contribution in [1.29, 1.82) is 0 Å². The van der Waals surface area contributed by atoms with E-state index >= 15 is 0 Å². The zero-order chi connectivity index (χ0) is 21.3. The lowest BCUT2D eigenvalue weighted by Crippen LogP contribution is -2.51. The molecule has 0 saturated heterocycles. The van der Waals surface area contributed by atoms with Crippen LogP contribution in [-0.2, 0) is 11.2 Å². The number of Topliss-reactive ketones (excluding diaryl/α,β-unsaturated/α-hetero) is 1. The van der Waals surface area contributed by atoms with Crippen molar-refractivity contribution in [3.63, 3.8) is 0 Å². The Labute approximate surface area is 181 Å². The van der Waals surface area contributed by atoms with Crippen molar-refractivity contribution in [2.24, 2.45) is 11.7 Å². The molecule has 8 heteroatoms. The first kappa shape index (κ1) is 22.5. The third-order valence-corrected chi connectivity index (χ3v) is 6.39. The van der Waals surface area contributed by atoms with Gasteiger partial charge in [-0.15, -0.1) is 11.3 Å². The van der Waals surface area contributed by atoms with Gasteiger partial charge in [0.15, 0.2) is 5.78 Å². The van der Waals surface area contributed by atoms with Crippen molar-refractivity contribution in [1.82, 2.24) is 15.3 Å². The van der Waals surface area contributed by atoms with Crippen molar-refractivity contribution in [2.75, 3.05) is 0 Å². The van der Waals surface area contributed by atoms with Gasteiger partial charge in [0.05, 0.1) is 29.4 Å². The lowest BCUT2D eigenvalue weighted by atomic mass is 9.83. The number of aliphatic hydroxyl groups is 1. The summed E-state index contributed by atoms with van der Waals surface area (Å²) in [5.41, 5.74) is 9.07. The minimum absolute atomic E-state index is 0.0526. The highest BCUT2D eigenvalue weighted by Gasteiger charge is 2.29. The lowest BCUT2D eigenvalue weighted by molar-refractivity contribution is -0.124. The Balaban J connectivity index is 1.63. The Hall–Kier alpha value is -2.16. The molecule has 4 N–H and O–H groups in total. The Morgan fingerprint density at radius 1 is 1.23 bits per heavy atom. The fourth-order valence-electron chi connectivity index (χ4n) is 4.03. The van der Waals surface area contributed by atoms with E-state index in [1.54, 1.807) is 30.0 Å². The smallest absolute Gasteiger partial charge is 0.237 e. The molecule has 2 heterocycles. The average Bonchev–Trinajstić information content (AvgIpc) is 3.27. The van der Waals surface area contributed by atoms with Crippen LogP contribution < -0.4 is 11.1 Å². The van der Waals surface area contributed by atoms with Crippen LogP contribution in [0, 0.1) is 5.92 Å². The van der Waals surface area contributed by atoms with Gasteiger partial charge in [-0.05, 0) is 24.5 Å². The molecule has 3 atom stereocenters. The van der Waals surface area contributed by atoms with E-state index in [9.17, 15) is 14.7 Å². The molecule has 0 spiro atoms. The molecule has 1 fully saturated rings. The molecule has 30 heavy (non-hydrogen) atoms. The number of pyridine rings is 1. The number of hydrogen-bond acceptors (Lipinski definition) is 7. The van der Waals surface area contributed by atoms with Gasteiger partial charge in [0.1, 0.15) is 0 Å². The predicted octanol–water partition coefficient (Wildman–Crippen LogP) is 2.50. The third kappa shape index (κ3) is 6.68. The van der Waals surface area contributed by atoms with E-state index in [0.717, 1.165) is 18.5 Å². The summed E-state index contributed by atoms with van der Waals surface area (Å²) in [5.74, 6) is -0.0525. The first-order valence-corrected chi connectivity index (χ1v) is 11.5. The van der Waals surface area contributed by atoms with E-state index in [-0.39, 0.29) is 18.1 Å². The highest BCUT2D eigenvalue weighted by Crippen LogP contribution is 2.28. The van der Waals surface area contributed by atoms with Gasteiger partial charge in [-0.3, -0.25) is 14.6 Å². The summed E-state index contributed by atoms with van der Waals surface area (Å²) in [6.45, 7) is 0. The van der Waals surface area contributed by atoms with Crippen LogP contribution in [0.4, 0.5) is 0 Å². The zero-order valence-corrected chi connectivity index (χ0v) is 17.9. The van der Waals surface area contributed by atoms with E-state index in [1.807, 2.05) is 5.38 Å². The Kier molecular flexibility index (Phi) is 8.48. The number of carbonyl (C=O) groups excluding carboxylic acids is 2. The van der Waals surface area contributed by atoms with Gasteiger partial charge in [0, 0.05) is 36.2 Å². The van der Waals surface area contributed by atoms with Crippen LogP contribution in [0.2, 0.25) is 0 Å². The summed E-state index contributed by atoms with van der Waals surface area (Å²) in [7, 11) is 0. The van der Waals surface area contributed by atoms with Crippen LogP contribution in [0.3, 0.4) is 0 Å². The summed E-state index contributed by atoms with van der Waals surface area (Å²) in [6, 6.07) is 2.01. The number of thiazole rings is 1. The Morgan fingerprint density at radius 3 is 2.63 bits per heavy atom. The van der Waals surface area contributed by atoms with Crippen LogP contribution in [0.5, 0.6) is 0 Å². The highest BCUT2D eigenvalue weighted by atomic mass is 32.1. The quantitative estimate of drug-likeness (QED) is 0.499. The monoisotopic (exact) mass is 430 g/mol. The van der Waals surface area contributed by atoms with Gasteiger partial charge in [-0.2, -0.15) is 0 Å². The maximum atomic E-state index is 12.7. The molecule has 162 valence electrons. The zero-order valence-electron chi connectivity index (χ0n) is 17.1. The number of ketones is 1. The van der Waals surface area contributed by atoms with E-state index < -0.39 is 18.2 Å². The molecule has 1 amide bonds. The number of nitrogens with zero attached hydrogens (tertiary/aromatic N) is 2. The molecule has 1 saturated carbocycles. The number of aromatic nitrogens is 2. The number of hydrogen-bond donors (Lipinski definition) is 3. The average molecular weight is 431 g/mol. The second-order valence-corrected chi connectivity index (χ2v) is 8.79. The molecule has 2 aromatic rings. The summed E-state index contributed by atoms with van der Waals surface area (Å²) in [5, 5.41) is 15.7. The fourth-order valence-corrected chi connectivity index (χ4v) is 4.60. The molecule has 1 aliphatic rings. The van der Waals surface area contributed by atoms with Crippen LogP contribution in [0.15, 0.2) is 35.4 Å². The van der Waals surface area contributed by atoms with Gasteiger partial charge in [0.2, 0.25) is 5.91 Å². The summed E-state index contributed by atoms with van der Waals surface area (Å²) in [4.78, 5) is 33.4. The molecular weight excluding hydrogens is 400 g/mol. The second-order valence-electron chi connectivity index (χ2n) is 8.08. The Bertz CT molecular complexity index is 794. The topological polar surface area (TPSA) is 118 Å². The predicted molar refractivity (Wildman–Crippen MR) is 116 cm³/mol. The minimum Gasteiger partial charge on any atom is -0.391 e. The van der Waals surface area contributed by atoms with Gasteiger partial charge >= 0.3 is 0 Å². The van der Waals surface area contributed by atoms with Crippen molar-refractivity contribution in [2.45, 2.75) is 69.6 Å². The molecule has 0 radical (unpaired) electrons. The maximum absolute atomic E-state index is 12.7. The number of nitrogens with one attached hydrogen (secondary N) is 1. The van der Waals surface area contributed by atoms with Crippen molar-refractivity contribution < 1.29 is 14.7 Å². The minimum atomic E-state index is -0.969. The second kappa shape index (κ2) is 11.3. The van der Waals surface area contributed by atoms with Crippen LogP contribution in [0.25, 0.3) is 0 Å². The number of nitrogens with two attached hydrogens (primary N) is 1. The molecular formula is C22H30N4O3S. The largest absolute Gasteiger partial charge is 0.391 e. The fraction of sp³-hybridized carbons (Fsp3) is 0.545. The molecule has 1 aliphatic carbocycles. The Morgan fingerprint density at radius 2 is 1.97 bits per heavy atom. The van der Waals surface area contributed by atoms with E-state index in [1.165, 1.54) is 30.6 Å². The number of aliphatic hydroxyl groups excluding tert-OH is 1. The van der Waals surface area contributed by atoms with E-state index in [0.29, 0.717) is 24.3 Å². The third-order valence-electron chi connectivity index (χ3n) is 5.75. The first-order valence-electron chi connectivity index (χ1n) is 10.6. The molecule has 3 rings (SSSR count). The van der Waals surface area contributed by atoms with Crippen LogP contribution in [0.1, 0.15) is 61.0 Å². The van der Waals surface area contributed by atoms with Crippen molar-refractivity contribution >= 4 is 23.0 Å². The van der Waals surface area contributed by atoms with E-state index in [4.69, 9.17) is 5.73 Å². The molecule has 3 unspecified atom stereocenters. The van der Waals surface area contributed by atoms with Crippen LogP contribution >= 0.6 is 11.3 Å². The highest BCUT2D eigenvalue weighted by molar-refractivity contribution is 7.07. The molecule has 0 bridgehead atoms. The number of rotatable bonds is 10. The molecule has 0 aromatic carbocycles. The summed E-state index contributed by atoms with van der Waals surface area (Å²) in [6.07, 6.45) is 8.82. The number of carbonyl (C=O) groups is 2. The number of amides is 1. The van der Waals surface area contributed by atoms with E-state index in [2.05, 4.69) is 15.3 Å². The molecule has 0 aliphatic heterocycles. The van der Waals surface area contributed by atoms with Crippen LogP contribution in [-0.4, -0.2) is 45.0 Å². The van der Waals surface area contributed by atoms with Gasteiger partial charge < -0.3 is 16.2 Å². The maximum Gasteiger partial charge on any atom is 0.237 e. The summed E-state index contributed by atoms with van der Waals surface area (Å²) >= 11 is 1.46. The molecule has 2 aromatic heterocycles. The van der Waals surface area contributed by atoms with Gasteiger partial charge in [-0.1, -0.05) is 32.1 Å². The standard InChI is InChI=1S/C22H30N4O3S/c23-18(11-17-13-30-14-25-17)22(29)26-19(10-15-4-2-1-3-5-15)21(28)12-20(27)16-6-8-24-9-7-16/h6-9,13-15,18-19,21,28H,1-5,10-12,23H2,(H,26,29). The lowest BCUT2D eigenvalue weighted by Gasteiger charge is -2.30. The van der Waals surface area contributed by atoms with Crippen molar-refractivity contribution in [3.05, 3.63) is 46.7 Å². The SMILES string of the molecule is NC(Cc1cscn1)C(=O)NC(CC1CCCCC1)C(O)CC(=O)c1ccncc1. The first-order chi connectivity index (χ1) is 14.5. The van der Waals surface area contributed by atoms with Gasteiger partial charge in [0.25, 0.3) is 0 Å². The van der Waals surface area contributed by atoms with Crippen molar-refractivity contribution in [3.8, 4) is 0 Å².